The molecular formula is C24H27N7O2. The number of carbonyl (C=O) groups excluding carboxylic acids is 1. The Balaban J connectivity index is 1.45. The van der Waals surface area contributed by atoms with Crippen LogP contribution in [0.3, 0.4) is 0 Å². The minimum absolute atomic E-state index is 0.0355. The van der Waals surface area contributed by atoms with E-state index in [4.69, 9.17) is 4.74 Å². The van der Waals surface area contributed by atoms with Crippen molar-refractivity contribution in [1.29, 1.82) is 0 Å². The van der Waals surface area contributed by atoms with Crippen LogP contribution in [0.4, 0.5) is 5.82 Å². The van der Waals surface area contributed by atoms with Crippen LogP contribution in [0.2, 0.25) is 0 Å². The average molecular weight is 446 g/mol. The molecule has 0 radical (unpaired) electrons. The Morgan fingerprint density at radius 3 is 2.82 bits per heavy atom. The molecule has 9 heteroatoms. The molecule has 1 fully saturated rings. The second-order valence-electron chi connectivity index (χ2n) is 8.24. The number of aromatic nitrogens is 3. The molecule has 0 N–H and O–H groups in total. The van der Waals surface area contributed by atoms with E-state index in [1.807, 2.05) is 47.6 Å². The minimum atomic E-state index is -0.0355. The summed E-state index contributed by atoms with van der Waals surface area (Å²) in [5.41, 5.74) is 1.88. The molecule has 0 aliphatic carbocycles. The molecule has 5 rings (SSSR count). The summed E-state index contributed by atoms with van der Waals surface area (Å²) in [5, 5.41) is 4.67. The molecular weight excluding hydrogens is 418 g/mol. The highest BCUT2D eigenvalue weighted by Gasteiger charge is 2.31. The first-order valence-corrected chi connectivity index (χ1v) is 11.3. The van der Waals surface area contributed by atoms with Crippen LogP contribution < -0.4 is 9.64 Å². The minimum Gasteiger partial charge on any atom is -0.495 e. The number of fused-ring (bicyclic) bond motifs is 1. The normalized spacial score (nSPS) is 18.8. The first kappa shape index (κ1) is 21.1. The number of hydrogen-bond acceptors (Lipinski definition) is 7. The van der Waals surface area contributed by atoms with Crippen molar-refractivity contribution in [3.63, 3.8) is 0 Å². The van der Waals surface area contributed by atoms with E-state index in [0.29, 0.717) is 36.7 Å². The molecule has 2 aliphatic heterocycles. The molecule has 3 aromatic heterocycles. The van der Waals surface area contributed by atoms with Crippen molar-refractivity contribution in [2.75, 3.05) is 38.2 Å². The molecule has 0 saturated carbocycles. The maximum atomic E-state index is 13.9. The Labute approximate surface area is 192 Å². The number of methoxy groups -OCH3 is 1. The summed E-state index contributed by atoms with van der Waals surface area (Å²) in [6.07, 6.45) is 7.06. The number of anilines is 1. The highest BCUT2D eigenvalue weighted by molar-refractivity contribution is 6.14. The molecule has 0 aromatic carbocycles. The molecule has 1 saturated heterocycles. The van der Waals surface area contributed by atoms with Crippen molar-refractivity contribution in [1.82, 2.24) is 19.5 Å². The molecule has 33 heavy (non-hydrogen) atoms. The van der Waals surface area contributed by atoms with Crippen LogP contribution in [-0.2, 0) is 0 Å². The number of aliphatic imine (C=N–C) groups is 2. The van der Waals surface area contributed by atoms with Crippen LogP contribution in [0.25, 0.3) is 5.52 Å². The molecule has 1 amide bonds. The maximum absolute atomic E-state index is 13.9. The summed E-state index contributed by atoms with van der Waals surface area (Å²) < 4.78 is 6.96. The average Bonchev–Trinajstić information content (AvgIpc) is 3.15. The predicted octanol–water partition coefficient (Wildman–Crippen LogP) is 2.70. The number of amides is 1. The lowest BCUT2D eigenvalue weighted by atomic mass is 10.1. The fraction of sp³-hybridized carbons (Fsp3) is 0.375. The van der Waals surface area contributed by atoms with Crippen LogP contribution in [-0.4, -0.2) is 76.8 Å². The number of nitrogens with zero attached hydrogens (tertiary/aromatic N) is 7. The van der Waals surface area contributed by atoms with Gasteiger partial charge in [-0.3, -0.25) is 9.79 Å². The van der Waals surface area contributed by atoms with Gasteiger partial charge >= 0.3 is 0 Å². The zero-order chi connectivity index (χ0) is 22.8. The molecule has 0 unspecified atom stereocenters. The van der Waals surface area contributed by atoms with Crippen molar-refractivity contribution in [2.45, 2.75) is 25.8 Å². The molecule has 170 valence electrons. The first-order chi connectivity index (χ1) is 16.2. The molecule has 0 spiro atoms. The standard InChI is InChI=1S/C24H27N7O2/c1-17-9-13-29(20-8-7-18(33-2)16-27-20)14-15-30(17)24(32)21-19-6-3-4-12-31(19)28-22(21)23-25-10-5-11-26-23/h3-4,6-8,10,12,16-17H,5,9,11,13-15H2,1-2H3/t17-/m1/s1. The van der Waals surface area contributed by atoms with Crippen molar-refractivity contribution < 1.29 is 9.53 Å². The monoisotopic (exact) mass is 445 g/mol. The zero-order valence-corrected chi connectivity index (χ0v) is 18.9. The maximum Gasteiger partial charge on any atom is 0.258 e. The molecule has 2 aliphatic rings. The Bertz CT molecular complexity index is 1220. The second-order valence-corrected chi connectivity index (χ2v) is 8.24. The molecule has 5 heterocycles. The van der Waals surface area contributed by atoms with Gasteiger partial charge in [0.2, 0.25) is 0 Å². The van der Waals surface area contributed by atoms with E-state index >= 15 is 0 Å². The Hall–Kier alpha value is -3.75. The van der Waals surface area contributed by atoms with Crippen molar-refractivity contribution in [3.8, 4) is 5.75 Å². The van der Waals surface area contributed by atoms with Gasteiger partial charge in [0, 0.05) is 51.1 Å². The summed E-state index contributed by atoms with van der Waals surface area (Å²) in [4.78, 5) is 31.6. The first-order valence-electron chi connectivity index (χ1n) is 11.3. The summed E-state index contributed by atoms with van der Waals surface area (Å²) in [6, 6.07) is 9.70. The van der Waals surface area contributed by atoms with Crippen molar-refractivity contribution >= 4 is 29.3 Å². The molecule has 1 atom stereocenters. The van der Waals surface area contributed by atoms with Crippen molar-refractivity contribution in [2.24, 2.45) is 9.98 Å². The highest BCUT2D eigenvalue weighted by Crippen LogP contribution is 2.24. The third kappa shape index (κ3) is 4.06. The number of hydrogen-bond donors (Lipinski definition) is 0. The lowest BCUT2D eigenvalue weighted by Crippen LogP contribution is -2.40. The number of pyridine rings is 2. The summed E-state index contributed by atoms with van der Waals surface area (Å²) in [6.45, 7) is 4.87. The third-order valence-corrected chi connectivity index (χ3v) is 6.20. The number of amidine groups is 1. The summed E-state index contributed by atoms with van der Waals surface area (Å²) in [7, 11) is 1.63. The SMILES string of the molecule is COc1ccc(N2CC[C@@H](C)N(C(=O)c3c(C4=NCCC=N4)nn4ccccc34)CC2)nc1. The Morgan fingerprint density at radius 1 is 1.15 bits per heavy atom. The number of carbonyl (C=O) groups is 1. The number of rotatable bonds is 4. The fourth-order valence-electron chi connectivity index (χ4n) is 4.34. The smallest absolute Gasteiger partial charge is 0.258 e. The predicted molar refractivity (Wildman–Crippen MR) is 128 cm³/mol. The van der Waals surface area contributed by atoms with E-state index in [2.05, 4.69) is 31.9 Å². The zero-order valence-electron chi connectivity index (χ0n) is 18.9. The highest BCUT2D eigenvalue weighted by atomic mass is 16.5. The topological polar surface area (TPSA) is 87.7 Å². The summed E-state index contributed by atoms with van der Waals surface area (Å²) in [5.74, 6) is 2.11. The van der Waals surface area contributed by atoms with E-state index in [0.717, 1.165) is 36.5 Å². The Morgan fingerprint density at radius 2 is 2.06 bits per heavy atom. The van der Waals surface area contributed by atoms with Crippen LogP contribution in [0.15, 0.2) is 52.7 Å². The lowest BCUT2D eigenvalue weighted by Gasteiger charge is -2.27. The van der Waals surface area contributed by atoms with Gasteiger partial charge in [-0.25, -0.2) is 14.5 Å². The van der Waals surface area contributed by atoms with Gasteiger partial charge in [-0.05, 0) is 37.6 Å². The second kappa shape index (κ2) is 9.01. The van der Waals surface area contributed by atoms with Crippen LogP contribution >= 0.6 is 0 Å². The lowest BCUT2D eigenvalue weighted by molar-refractivity contribution is 0.0707. The molecule has 0 bridgehead atoms. The van der Waals surface area contributed by atoms with Crippen molar-refractivity contribution in [3.05, 3.63) is 54.0 Å². The van der Waals surface area contributed by atoms with Gasteiger partial charge in [0.05, 0.1) is 24.4 Å². The van der Waals surface area contributed by atoms with Crippen LogP contribution in [0, 0.1) is 0 Å². The largest absolute Gasteiger partial charge is 0.495 e. The molecule has 3 aromatic rings. The Kier molecular flexibility index (Phi) is 5.77. The molecule has 9 nitrogen and oxygen atoms in total. The van der Waals surface area contributed by atoms with E-state index in [-0.39, 0.29) is 11.9 Å². The van der Waals surface area contributed by atoms with Gasteiger partial charge in [-0.1, -0.05) is 6.07 Å². The van der Waals surface area contributed by atoms with Gasteiger partial charge < -0.3 is 14.5 Å². The fourth-order valence-corrected chi connectivity index (χ4v) is 4.34. The quantitative estimate of drug-likeness (QED) is 0.616. The van der Waals surface area contributed by atoms with Crippen LogP contribution in [0.5, 0.6) is 5.75 Å². The van der Waals surface area contributed by atoms with Gasteiger partial charge in [-0.2, -0.15) is 5.10 Å². The van der Waals surface area contributed by atoms with Gasteiger partial charge in [-0.15, -0.1) is 0 Å². The van der Waals surface area contributed by atoms with Gasteiger partial charge in [0.1, 0.15) is 17.3 Å². The summed E-state index contributed by atoms with van der Waals surface area (Å²) >= 11 is 0. The van der Waals surface area contributed by atoms with Crippen LogP contribution in [0.1, 0.15) is 35.8 Å². The third-order valence-electron chi connectivity index (χ3n) is 6.20. The van der Waals surface area contributed by atoms with Gasteiger partial charge in [0.25, 0.3) is 5.91 Å². The van der Waals surface area contributed by atoms with E-state index in [9.17, 15) is 4.79 Å². The number of ether oxygens (including phenoxy) is 1. The van der Waals surface area contributed by atoms with E-state index in [1.165, 1.54) is 0 Å². The van der Waals surface area contributed by atoms with Gasteiger partial charge in [0.15, 0.2) is 5.84 Å². The van der Waals surface area contributed by atoms with E-state index in [1.54, 1.807) is 17.8 Å². The van der Waals surface area contributed by atoms with E-state index < -0.39 is 0 Å².